The molecule has 0 radical (unpaired) electrons. The van der Waals surface area contributed by atoms with Crippen LogP contribution >= 0.6 is 11.6 Å². The van der Waals surface area contributed by atoms with Gasteiger partial charge in [-0.2, -0.15) is 5.26 Å². The first kappa shape index (κ1) is 19.1. The molecule has 3 aromatic rings. The number of benzene rings is 3. The van der Waals surface area contributed by atoms with Gasteiger partial charge in [-0.25, -0.2) is 4.79 Å². The highest BCUT2D eigenvalue weighted by molar-refractivity contribution is 6.30. The van der Waals surface area contributed by atoms with Gasteiger partial charge in [-0.1, -0.05) is 54.1 Å². The van der Waals surface area contributed by atoms with Crippen molar-refractivity contribution >= 4 is 29.4 Å². The normalized spacial score (nSPS) is 10.8. The molecular weight excluding hydrogens is 374 g/mol. The van der Waals surface area contributed by atoms with Crippen LogP contribution in [0.25, 0.3) is 6.08 Å². The van der Waals surface area contributed by atoms with Crippen LogP contribution in [0.15, 0.2) is 84.4 Å². The molecule has 136 valence electrons. The lowest BCUT2D eigenvalue weighted by Gasteiger charge is -2.05. The van der Waals surface area contributed by atoms with Crippen molar-refractivity contribution in [2.75, 3.05) is 0 Å². The molecule has 0 aliphatic heterocycles. The molecule has 5 heteroatoms. The van der Waals surface area contributed by atoms with Gasteiger partial charge in [-0.3, -0.25) is 4.79 Å². The van der Waals surface area contributed by atoms with Crippen molar-refractivity contribution in [1.29, 1.82) is 5.26 Å². The molecule has 0 saturated carbocycles. The number of rotatable bonds is 5. The van der Waals surface area contributed by atoms with E-state index in [0.717, 1.165) is 0 Å². The van der Waals surface area contributed by atoms with E-state index in [9.17, 15) is 14.9 Å². The Kier molecular flexibility index (Phi) is 6.01. The topological polar surface area (TPSA) is 67.2 Å². The number of Topliss-reactive ketones (excluding diaryl/α,β-unsaturated/α-hetero) is 1. The van der Waals surface area contributed by atoms with Gasteiger partial charge < -0.3 is 4.74 Å². The third-order valence-electron chi connectivity index (χ3n) is 3.88. The number of carbonyl (C=O) groups excluding carboxylic acids is 2. The van der Waals surface area contributed by atoms with Gasteiger partial charge in [0.25, 0.3) is 0 Å². The highest BCUT2D eigenvalue weighted by Gasteiger charge is 2.12. The van der Waals surface area contributed by atoms with Crippen LogP contribution in [0.3, 0.4) is 0 Å². The number of carbonyl (C=O) groups is 2. The molecule has 0 heterocycles. The zero-order valence-electron chi connectivity index (χ0n) is 14.6. The highest BCUT2D eigenvalue weighted by Crippen LogP contribution is 2.18. The summed E-state index contributed by atoms with van der Waals surface area (Å²) in [5, 5.41) is 9.85. The minimum atomic E-state index is -0.503. The largest absolute Gasteiger partial charge is 0.423 e. The molecular formula is C23H14ClNO3. The molecule has 0 aliphatic rings. The average Bonchev–Trinajstić information content (AvgIpc) is 2.73. The van der Waals surface area contributed by atoms with Crippen LogP contribution in [0.5, 0.6) is 5.75 Å². The predicted molar refractivity (Wildman–Crippen MR) is 107 cm³/mol. The van der Waals surface area contributed by atoms with E-state index in [1.807, 2.05) is 6.07 Å². The standard InChI is InChI=1S/C23H14ClNO3/c24-20-10-8-18(9-11-20)23(27)28-21-12-6-16(7-13-21)14-19(15-25)22(26)17-4-2-1-3-5-17/h1-14H/b19-14+. The zero-order valence-corrected chi connectivity index (χ0v) is 15.4. The van der Waals surface area contributed by atoms with E-state index < -0.39 is 5.97 Å². The van der Waals surface area contributed by atoms with Crippen LogP contribution in [-0.2, 0) is 0 Å². The lowest BCUT2D eigenvalue weighted by atomic mass is 10.0. The SMILES string of the molecule is N#C/C(=C\c1ccc(OC(=O)c2ccc(Cl)cc2)cc1)C(=O)c1ccccc1. The Bertz CT molecular complexity index is 1060. The second-order valence-corrected chi connectivity index (χ2v) is 6.27. The monoisotopic (exact) mass is 387 g/mol. The third kappa shape index (κ3) is 4.73. The summed E-state index contributed by atoms with van der Waals surface area (Å²) < 4.78 is 5.31. The average molecular weight is 388 g/mol. The van der Waals surface area contributed by atoms with Crippen LogP contribution in [0, 0.1) is 11.3 Å². The number of esters is 1. The Balaban J connectivity index is 1.73. The summed E-state index contributed by atoms with van der Waals surface area (Å²) in [5.41, 5.74) is 1.50. The number of nitriles is 1. The van der Waals surface area contributed by atoms with E-state index in [2.05, 4.69) is 0 Å². The van der Waals surface area contributed by atoms with Crippen LogP contribution in [0.1, 0.15) is 26.3 Å². The molecule has 0 N–H and O–H groups in total. The molecule has 0 unspecified atom stereocenters. The molecule has 0 amide bonds. The Morgan fingerprint density at radius 2 is 1.50 bits per heavy atom. The van der Waals surface area contributed by atoms with Gasteiger partial charge in [0, 0.05) is 10.6 Å². The summed E-state index contributed by atoms with van der Waals surface area (Å²) in [6.07, 6.45) is 1.50. The Morgan fingerprint density at radius 1 is 0.857 bits per heavy atom. The first-order chi connectivity index (χ1) is 13.6. The van der Waals surface area contributed by atoms with Crippen molar-refractivity contribution in [2.24, 2.45) is 0 Å². The first-order valence-corrected chi connectivity index (χ1v) is 8.74. The van der Waals surface area contributed by atoms with Crippen molar-refractivity contribution < 1.29 is 14.3 Å². The minimum Gasteiger partial charge on any atom is -0.423 e. The molecule has 0 spiro atoms. The van der Waals surface area contributed by atoms with E-state index in [1.54, 1.807) is 78.9 Å². The molecule has 0 fully saturated rings. The highest BCUT2D eigenvalue weighted by atomic mass is 35.5. The first-order valence-electron chi connectivity index (χ1n) is 8.36. The molecule has 0 saturated heterocycles. The molecule has 0 aliphatic carbocycles. The summed E-state index contributed by atoms with van der Waals surface area (Å²) in [5.74, 6) is -0.497. The maximum atomic E-state index is 12.4. The van der Waals surface area contributed by atoms with Crippen molar-refractivity contribution in [1.82, 2.24) is 0 Å². The Hall–Kier alpha value is -3.68. The van der Waals surface area contributed by atoms with Crippen molar-refractivity contribution in [2.45, 2.75) is 0 Å². The molecule has 3 aromatic carbocycles. The van der Waals surface area contributed by atoms with Gasteiger partial charge in [0.05, 0.1) is 5.56 Å². The molecule has 0 atom stereocenters. The van der Waals surface area contributed by atoms with Gasteiger partial charge in [0.15, 0.2) is 0 Å². The molecule has 3 rings (SSSR count). The fraction of sp³-hybridized carbons (Fsp3) is 0. The van der Waals surface area contributed by atoms with Crippen LogP contribution in [0.2, 0.25) is 5.02 Å². The van der Waals surface area contributed by atoms with Gasteiger partial charge in [0.2, 0.25) is 5.78 Å². The van der Waals surface area contributed by atoms with Gasteiger partial charge in [-0.05, 0) is 48.0 Å². The van der Waals surface area contributed by atoms with Gasteiger partial charge in [-0.15, -0.1) is 0 Å². The third-order valence-corrected chi connectivity index (χ3v) is 4.13. The fourth-order valence-corrected chi connectivity index (χ4v) is 2.57. The van der Waals surface area contributed by atoms with Gasteiger partial charge in [0.1, 0.15) is 17.4 Å². The maximum absolute atomic E-state index is 12.4. The summed E-state index contributed by atoms with van der Waals surface area (Å²) in [4.78, 5) is 24.5. The number of hydrogen-bond donors (Lipinski definition) is 0. The fourth-order valence-electron chi connectivity index (χ4n) is 2.44. The van der Waals surface area contributed by atoms with Crippen molar-refractivity contribution in [3.8, 4) is 11.8 Å². The predicted octanol–water partition coefficient (Wildman–Crippen LogP) is 5.35. The number of ketones is 1. The van der Waals surface area contributed by atoms with E-state index in [0.29, 0.717) is 27.5 Å². The van der Waals surface area contributed by atoms with Crippen LogP contribution in [0.4, 0.5) is 0 Å². The second kappa shape index (κ2) is 8.81. The number of halogens is 1. The molecule has 0 aromatic heterocycles. The number of allylic oxidation sites excluding steroid dienone is 1. The lowest BCUT2D eigenvalue weighted by Crippen LogP contribution is -2.08. The number of hydrogen-bond acceptors (Lipinski definition) is 4. The van der Waals surface area contributed by atoms with Crippen molar-refractivity contribution in [3.63, 3.8) is 0 Å². The van der Waals surface area contributed by atoms with Crippen LogP contribution < -0.4 is 4.74 Å². The van der Waals surface area contributed by atoms with Crippen molar-refractivity contribution in [3.05, 3.63) is 106 Å². The molecule has 28 heavy (non-hydrogen) atoms. The maximum Gasteiger partial charge on any atom is 0.343 e. The van der Waals surface area contributed by atoms with Gasteiger partial charge >= 0.3 is 5.97 Å². The lowest BCUT2D eigenvalue weighted by molar-refractivity contribution is 0.0734. The summed E-state index contributed by atoms with van der Waals surface area (Å²) in [7, 11) is 0. The number of ether oxygens (including phenoxy) is 1. The Morgan fingerprint density at radius 3 is 2.11 bits per heavy atom. The molecule has 4 nitrogen and oxygen atoms in total. The summed E-state index contributed by atoms with van der Waals surface area (Å²) in [6, 6.07) is 23.5. The Labute approximate surface area is 167 Å². The van der Waals surface area contributed by atoms with E-state index >= 15 is 0 Å². The second-order valence-electron chi connectivity index (χ2n) is 5.83. The summed E-state index contributed by atoms with van der Waals surface area (Å²) in [6.45, 7) is 0. The van der Waals surface area contributed by atoms with E-state index in [1.165, 1.54) is 6.08 Å². The van der Waals surface area contributed by atoms with E-state index in [-0.39, 0.29) is 11.4 Å². The minimum absolute atomic E-state index is 0.0251. The zero-order chi connectivity index (χ0) is 19.9. The van der Waals surface area contributed by atoms with Crippen LogP contribution in [-0.4, -0.2) is 11.8 Å². The quantitative estimate of drug-likeness (QED) is 0.194. The smallest absolute Gasteiger partial charge is 0.343 e. The summed E-state index contributed by atoms with van der Waals surface area (Å²) >= 11 is 5.80. The number of nitrogens with zero attached hydrogens (tertiary/aromatic N) is 1. The molecule has 0 bridgehead atoms. The van der Waals surface area contributed by atoms with E-state index in [4.69, 9.17) is 16.3 Å².